The van der Waals surface area contributed by atoms with Gasteiger partial charge in [-0.15, -0.1) is 0 Å². The predicted octanol–water partition coefficient (Wildman–Crippen LogP) is 1.27. The maximum absolute atomic E-state index is 13.4. The maximum Gasteiger partial charge on any atom is 0.283 e. The van der Waals surface area contributed by atoms with Crippen LogP contribution in [0.4, 0.5) is 4.39 Å². The second-order valence-corrected chi connectivity index (χ2v) is 4.00. The van der Waals surface area contributed by atoms with Gasteiger partial charge in [-0.2, -0.15) is 5.26 Å². The third kappa shape index (κ3) is 3.32. The fourth-order valence-electron chi connectivity index (χ4n) is 1.65. The summed E-state index contributed by atoms with van der Waals surface area (Å²) in [5.74, 6) is 3.96. The molecule has 0 saturated carbocycles. The van der Waals surface area contributed by atoms with Crippen molar-refractivity contribution >= 4 is 5.91 Å². The Bertz CT molecular complexity index is 712. The number of hydrogen-bond acceptors (Lipinski definition) is 5. The van der Waals surface area contributed by atoms with E-state index in [9.17, 15) is 9.18 Å². The van der Waals surface area contributed by atoms with Crippen LogP contribution in [0.5, 0.6) is 5.75 Å². The Balaban J connectivity index is 2.16. The van der Waals surface area contributed by atoms with Gasteiger partial charge >= 0.3 is 0 Å². The lowest BCUT2D eigenvalue weighted by Crippen LogP contribution is -2.30. The van der Waals surface area contributed by atoms with Crippen LogP contribution in [0.2, 0.25) is 0 Å². The molecule has 0 radical (unpaired) electrons. The van der Waals surface area contributed by atoms with Gasteiger partial charge in [-0.1, -0.05) is 12.1 Å². The summed E-state index contributed by atoms with van der Waals surface area (Å²) in [5, 5.41) is 8.89. The smallest absolute Gasteiger partial charge is 0.283 e. The SMILES string of the molecule is N#Cc1c(F)cccc1OCc1cccc(C(=O)NN)n1. The minimum Gasteiger partial charge on any atom is -0.486 e. The fourth-order valence-corrected chi connectivity index (χ4v) is 1.65. The largest absolute Gasteiger partial charge is 0.486 e. The summed E-state index contributed by atoms with van der Waals surface area (Å²) in [5.41, 5.74) is 2.39. The Morgan fingerprint density at radius 3 is 2.86 bits per heavy atom. The van der Waals surface area contributed by atoms with Crippen LogP contribution in [0, 0.1) is 17.1 Å². The maximum atomic E-state index is 13.4. The van der Waals surface area contributed by atoms with E-state index >= 15 is 0 Å². The quantitative estimate of drug-likeness (QED) is 0.501. The molecule has 1 heterocycles. The molecule has 3 N–H and O–H groups in total. The molecule has 6 nitrogen and oxygen atoms in total. The summed E-state index contributed by atoms with van der Waals surface area (Å²) in [6.07, 6.45) is 0. The van der Waals surface area contributed by atoms with Crippen molar-refractivity contribution < 1.29 is 13.9 Å². The highest BCUT2D eigenvalue weighted by atomic mass is 19.1. The first kappa shape index (κ1) is 14.4. The molecular weight excluding hydrogens is 275 g/mol. The van der Waals surface area contributed by atoms with E-state index in [2.05, 4.69) is 4.98 Å². The van der Waals surface area contributed by atoms with Crippen LogP contribution in [-0.4, -0.2) is 10.9 Å². The Morgan fingerprint density at radius 1 is 1.38 bits per heavy atom. The summed E-state index contributed by atoms with van der Waals surface area (Å²) in [6.45, 7) is -0.0101. The number of carbonyl (C=O) groups excluding carboxylic acids is 1. The summed E-state index contributed by atoms with van der Waals surface area (Å²) < 4.78 is 18.8. The molecule has 2 aromatic rings. The van der Waals surface area contributed by atoms with Crippen LogP contribution < -0.4 is 16.0 Å². The number of halogens is 1. The number of hydrazine groups is 1. The van der Waals surface area contributed by atoms with Crippen LogP contribution in [0.3, 0.4) is 0 Å². The van der Waals surface area contributed by atoms with Gasteiger partial charge < -0.3 is 4.74 Å². The molecule has 0 aliphatic rings. The summed E-state index contributed by atoms with van der Waals surface area (Å²) in [4.78, 5) is 15.4. The molecule has 0 bridgehead atoms. The number of hydrogen-bond donors (Lipinski definition) is 2. The fraction of sp³-hybridized carbons (Fsp3) is 0.0714. The molecule has 1 aromatic heterocycles. The van der Waals surface area contributed by atoms with E-state index in [1.807, 2.05) is 5.43 Å². The number of rotatable bonds is 4. The zero-order valence-electron chi connectivity index (χ0n) is 10.8. The highest BCUT2D eigenvalue weighted by Crippen LogP contribution is 2.21. The zero-order chi connectivity index (χ0) is 15.2. The van der Waals surface area contributed by atoms with Gasteiger partial charge in [0.15, 0.2) is 0 Å². The summed E-state index contributed by atoms with van der Waals surface area (Å²) in [6, 6.07) is 10.6. The Labute approximate surface area is 119 Å². The Kier molecular flexibility index (Phi) is 4.43. The number of pyridine rings is 1. The van der Waals surface area contributed by atoms with E-state index in [1.54, 1.807) is 18.2 Å². The molecule has 106 valence electrons. The van der Waals surface area contributed by atoms with Crippen molar-refractivity contribution in [3.05, 3.63) is 59.2 Å². The van der Waals surface area contributed by atoms with E-state index in [0.29, 0.717) is 5.69 Å². The molecule has 0 unspecified atom stereocenters. The average molecular weight is 286 g/mol. The Morgan fingerprint density at radius 2 is 2.14 bits per heavy atom. The number of nitrogens with one attached hydrogen (secondary N) is 1. The number of amides is 1. The second-order valence-electron chi connectivity index (χ2n) is 4.00. The first-order valence-electron chi connectivity index (χ1n) is 5.94. The number of nitriles is 1. The molecule has 1 amide bonds. The minimum atomic E-state index is -0.654. The normalized spacial score (nSPS) is 9.76. The van der Waals surface area contributed by atoms with Crippen molar-refractivity contribution in [2.45, 2.75) is 6.61 Å². The first-order chi connectivity index (χ1) is 10.2. The van der Waals surface area contributed by atoms with E-state index in [4.69, 9.17) is 15.8 Å². The van der Waals surface area contributed by atoms with Crippen molar-refractivity contribution in [3.63, 3.8) is 0 Å². The number of aromatic nitrogens is 1. The number of nitrogens with zero attached hydrogens (tertiary/aromatic N) is 2. The van der Waals surface area contributed by atoms with Gasteiger partial charge in [-0.3, -0.25) is 10.2 Å². The third-order valence-electron chi connectivity index (χ3n) is 2.63. The molecule has 0 atom stereocenters. The van der Waals surface area contributed by atoms with Gasteiger partial charge in [0.2, 0.25) is 0 Å². The van der Waals surface area contributed by atoms with Crippen molar-refractivity contribution in [2.24, 2.45) is 5.84 Å². The molecule has 2 rings (SSSR count). The van der Waals surface area contributed by atoms with Crippen LogP contribution in [-0.2, 0) is 6.61 Å². The monoisotopic (exact) mass is 286 g/mol. The second kappa shape index (κ2) is 6.45. The lowest BCUT2D eigenvalue weighted by molar-refractivity contribution is 0.0948. The number of carbonyl (C=O) groups is 1. The molecular formula is C14H11FN4O2. The van der Waals surface area contributed by atoms with E-state index in [-0.39, 0.29) is 23.6 Å². The van der Waals surface area contributed by atoms with Gasteiger partial charge in [-0.05, 0) is 24.3 Å². The van der Waals surface area contributed by atoms with E-state index in [1.165, 1.54) is 24.3 Å². The van der Waals surface area contributed by atoms with Crippen LogP contribution in [0.25, 0.3) is 0 Å². The van der Waals surface area contributed by atoms with Crippen LogP contribution in [0.1, 0.15) is 21.7 Å². The van der Waals surface area contributed by atoms with Gasteiger partial charge in [0.25, 0.3) is 5.91 Å². The number of nitrogens with two attached hydrogens (primary N) is 1. The number of benzene rings is 1. The molecule has 0 spiro atoms. The molecule has 0 saturated heterocycles. The topological polar surface area (TPSA) is 101 Å². The highest BCUT2D eigenvalue weighted by Gasteiger charge is 2.10. The summed E-state index contributed by atoms with van der Waals surface area (Å²) in [7, 11) is 0. The molecule has 0 fully saturated rings. The van der Waals surface area contributed by atoms with Crippen LogP contribution >= 0.6 is 0 Å². The standard InChI is InChI=1S/C14H11FN4O2/c15-11-4-2-6-13(10(11)7-16)21-8-9-3-1-5-12(18-9)14(20)19-17/h1-6H,8,17H2,(H,19,20). The third-order valence-corrected chi connectivity index (χ3v) is 2.63. The number of ether oxygens (including phenoxy) is 1. The molecule has 1 aromatic carbocycles. The van der Waals surface area contributed by atoms with Crippen molar-refractivity contribution in [1.29, 1.82) is 5.26 Å². The lowest BCUT2D eigenvalue weighted by Gasteiger charge is -2.08. The molecule has 0 aliphatic heterocycles. The van der Waals surface area contributed by atoms with Gasteiger partial charge in [-0.25, -0.2) is 15.2 Å². The predicted molar refractivity (Wildman–Crippen MR) is 71.3 cm³/mol. The van der Waals surface area contributed by atoms with Crippen molar-refractivity contribution in [2.75, 3.05) is 0 Å². The minimum absolute atomic E-state index is 0.0101. The van der Waals surface area contributed by atoms with E-state index in [0.717, 1.165) is 0 Å². The highest BCUT2D eigenvalue weighted by molar-refractivity contribution is 5.91. The van der Waals surface area contributed by atoms with Crippen molar-refractivity contribution in [1.82, 2.24) is 10.4 Å². The molecule has 21 heavy (non-hydrogen) atoms. The Hall–Kier alpha value is -2.98. The first-order valence-corrected chi connectivity index (χ1v) is 5.94. The van der Waals surface area contributed by atoms with Gasteiger partial charge in [0, 0.05) is 0 Å². The summed E-state index contributed by atoms with van der Waals surface area (Å²) >= 11 is 0. The van der Waals surface area contributed by atoms with Crippen LogP contribution in [0.15, 0.2) is 36.4 Å². The van der Waals surface area contributed by atoms with Gasteiger partial charge in [0.1, 0.15) is 35.5 Å². The molecule has 0 aliphatic carbocycles. The van der Waals surface area contributed by atoms with Crippen molar-refractivity contribution in [3.8, 4) is 11.8 Å². The average Bonchev–Trinajstić information content (AvgIpc) is 2.52. The van der Waals surface area contributed by atoms with Gasteiger partial charge in [0.05, 0.1) is 5.69 Å². The lowest BCUT2D eigenvalue weighted by atomic mass is 10.2. The molecule has 7 heteroatoms. The van der Waals surface area contributed by atoms with E-state index < -0.39 is 11.7 Å². The number of nitrogen functional groups attached to an aromatic ring is 1. The zero-order valence-corrected chi connectivity index (χ0v) is 10.8.